The van der Waals surface area contributed by atoms with E-state index >= 15 is 0 Å². The van der Waals surface area contributed by atoms with Crippen LogP contribution in [-0.2, 0) is 6.54 Å². The smallest absolute Gasteiger partial charge is 0.138 e. The molecule has 7 heteroatoms. The third-order valence-electron chi connectivity index (χ3n) is 2.65. The van der Waals surface area contributed by atoms with Gasteiger partial charge in [-0.15, -0.1) is 0 Å². The number of aromatic nitrogens is 2. The summed E-state index contributed by atoms with van der Waals surface area (Å²) in [5, 5.41) is 13.9. The van der Waals surface area contributed by atoms with Gasteiger partial charge in [-0.2, -0.15) is 0 Å². The highest BCUT2D eigenvalue weighted by Gasteiger charge is 2.08. The molecule has 0 spiro atoms. The molecule has 0 aliphatic rings. The van der Waals surface area contributed by atoms with E-state index in [2.05, 4.69) is 15.3 Å². The largest absolute Gasteiger partial charge is 0.489 e. The van der Waals surface area contributed by atoms with Crippen LogP contribution in [0.4, 0.5) is 0 Å². The highest BCUT2D eigenvalue weighted by atomic mass is 35.5. The Balaban J connectivity index is 1.71. The van der Waals surface area contributed by atoms with Crippen molar-refractivity contribution in [1.82, 2.24) is 15.3 Å². The maximum absolute atomic E-state index is 9.84. The van der Waals surface area contributed by atoms with Gasteiger partial charge in [-0.3, -0.25) is 0 Å². The van der Waals surface area contributed by atoms with Gasteiger partial charge >= 0.3 is 0 Å². The maximum Gasteiger partial charge on any atom is 0.138 e. The van der Waals surface area contributed by atoms with Crippen LogP contribution in [0.5, 0.6) is 5.75 Å². The van der Waals surface area contributed by atoms with Gasteiger partial charge in [0.25, 0.3) is 0 Å². The summed E-state index contributed by atoms with van der Waals surface area (Å²) < 4.78 is 5.45. The molecule has 2 aromatic rings. The van der Waals surface area contributed by atoms with Crippen molar-refractivity contribution < 1.29 is 9.84 Å². The van der Waals surface area contributed by atoms with E-state index in [1.54, 1.807) is 24.4 Å². The molecule has 0 aliphatic heterocycles. The van der Waals surface area contributed by atoms with Gasteiger partial charge in [0.2, 0.25) is 0 Å². The van der Waals surface area contributed by atoms with Crippen LogP contribution < -0.4 is 10.1 Å². The van der Waals surface area contributed by atoms with Crippen molar-refractivity contribution in [2.45, 2.75) is 12.6 Å². The van der Waals surface area contributed by atoms with Crippen LogP contribution in [0, 0.1) is 0 Å². The molecule has 1 unspecified atom stereocenters. The number of halogens is 2. The van der Waals surface area contributed by atoms with E-state index in [9.17, 15) is 5.11 Å². The summed E-state index contributed by atoms with van der Waals surface area (Å²) in [6.45, 7) is 1.08. The zero-order chi connectivity index (χ0) is 15.1. The molecule has 0 fully saturated rings. The lowest BCUT2D eigenvalue weighted by atomic mass is 10.3. The zero-order valence-corrected chi connectivity index (χ0v) is 12.7. The van der Waals surface area contributed by atoms with E-state index in [1.807, 2.05) is 6.07 Å². The predicted molar refractivity (Wildman–Crippen MR) is 81.7 cm³/mol. The Kier molecular flexibility index (Phi) is 6.20. The van der Waals surface area contributed by atoms with E-state index in [0.29, 0.717) is 28.9 Å². The summed E-state index contributed by atoms with van der Waals surface area (Å²) in [5.74, 6) is 0.496. The lowest BCUT2D eigenvalue weighted by Crippen LogP contribution is -2.31. The monoisotopic (exact) mass is 327 g/mol. The molecule has 0 aliphatic carbocycles. The van der Waals surface area contributed by atoms with E-state index in [4.69, 9.17) is 27.9 Å². The number of hydrogen-bond donors (Lipinski definition) is 2. The Labute approximate surface area is 132 Å². The number of ether oxygens (including phenoxy) is 1. The van der Waals surface area contributed by atoms with Gasteiger partial charge in [0, 0.05) is 24.3 Å². The summed E-state index contributed by atoms with van der Waals surface area (Å²) in [6.07, 6.45) is 2.50. The fraction of sp³-hybridized carbons (Fsp3) is 0.286. The lowest BCUT2D eigenvalue weighted by molar-refractivity contribution is 0.106. The molecule has 1 atom stereocenters. The Bertz CT molecular complexity index is 569. The molecule has 1 heterocycles. The van der Waals surface area contributed by atoms with Crippen molar-refractivity contribution in [3.63, 3.8) is 0 Å². The minimum atomic E-state index is -0.654. The van der Waals surface area contributed by atoms with Crippen molar-refractivity contribution in [1.29, 1.82) is 0 Å². The summed E-state index contributed by atoms with van der Waals surface area (Å²) in [5.41, 5.74) is 0.860. The molecular formula is C14H15Cl2N3O2. The second-order valence-electron chi connectivity index (χ2n) is 4.37. The molecule has 2 N–H and O–H groups in total. The zero-order valence-electron chi connectivity index (χ0n) is 11.2. The van der Waals surface area contributed by atoms with Gasteiger partial charge in [-0.25, -0.2) is 9.97 Å². The van der Waals surface area contributed by atoms with Crippen molar-refractivity contribution in [3.05, 3.63) is 52.5 Å². The minimum Gasteiger partial charge on any atom is -0.489 e. The van der Waals surface area contributed by atoms with E-state index in [1.165, 1.54) is 6.33 Å². The van der Waals surface area contributed by atoms with Crippen LogP contribution >= 0.6 is 23.2 Å². The van der Waals surface area contributed by atoms with Gasteiger partial charge in [-0.05, 0) is 24.3 Å². The van der Waals surface area contributed by atoms with Crippen molar-refractivity contribution in [2.24, 2.45) is 0 Å². The molecule has 2 rings (SSSR count). The SMILES string of the molecule is OC(CNCc1ccncn1)COc1ccc(Cl)cc1Cl. The van der Waals surface area contributed by atoms with Crippen molar-refractivity contribution in [3.8, 4) is 5.75 Å². The standard InChI is InChI=1S/C14H15Cl2N3O2/c15-10-1-2-14(13(16)5-10)21-8-12(20)7-18-6-11-3-4-17-9-19-11/h1-5,9,12,18,20H,6-8H2. The molecule has 0 radical (unpaired) electrons. The normalized spacial score (nSPS) is 12.1. The quantitative estimate of drug-likeness (QED) is 0.816. The summed E-state index contributed by atoms with van der Waals surface area (Å²) in [7, 11) is 0. The molecule has 5 nitrogen and oxygen atoms in total. The average Bonchev–Trinajstić information content (AvgIpc) is 2.47. The number of nitrogens with zero attached hydrogens (tertiary/aromatic N) is 2. The van der Waals surface area contributed by atoms with Crippen LogP contribution in [0.1, 0.15) is 5.69 Å². The first kappa shape index (κ1) is 16.0. The predicted octanol–water partition coefficient (Wildman–Crippen LogP) is 2.31. The van der Waals surface area contributed by atoms with Gasteiger partial charge in [0.1, 0.15) is 24.8 Å². The average molecular weight is 328 g/mol. The van der Waals surface area contributed by atoms with Crippen LogP contribution in [0.15, 0.2) is 36.8 Å². The Hall–Kier alpha value is -1.40. The fourth-order valence-electron chi connectivity index (χ4n) is 1.63. The van der Waals surface area contributed by atoms with Gasteiger partial charge in [0.05, 0.1) is 10.7 Å². The molecule has 0 saturated carbocycles. The maximum atomic E-state index is 9.84. The summed E-state index contributed by atoms with van der Waals surface area (Å²) in [6, 6.07) is 6.76. The molecule has 1 aromatic heterocycles. The second-order valence-corrected chi connectivity index (χ2v) is 5.21. The van der Waals surface area contributed by atoms with Gasteiger partial charge in [0.15, 0.2) is 0 Å². The lowest BCUT2D eigenvalue weighted by Gasteiger charge is -2.14. The first-order valence-electron chi connectivity index (χ1n) is 6.36. The molecule has 1 aromatic carbocycles. The first-order valence-corrected chi connectivity index (χ1v) is 7.12. The van der Waals surface area contributed by atoms with Crippen LogP contribution in [0.25, 0.3) is 0 Å². The fourth-order valence-corrected chi connectivity index (χ4v) is 2.09. The number of aliphatic hydroxyl groups is 1. The summed E-state index contributed by atoms with van der Waals surface area (Å²) >= 11 is 11.8. The first-order chi connectivity index (χ1) is 10.1. The highest BCUT2D eigenvalue weighted by molar-refractivity contribution is 6.35. The Morgan fingerprint density at radius 1 is 1.29 bits per heavy atom. The number of nitrogens with one attached hydrogen (secondary N) is 1. The molecule has 0 amide bonds. The molecule has 0 bridgehead atoms. The molecular weight excluding hydrogens is 313 g/mol. The topological polar surface area (TPSA) is 67.3 Å². The van der Waals surface area contributed by atoms with Gasteiger partial charge < -0.3 is 15.2 Å². The second kappa shape index (κ2) is 8.14. The molecule has 112 valence electrons. The van der Waals surface area contributed by atoms with Crippen molar-refractivity contribution >= 4 is 23.2 Å². The van der Waals surface area contributed by atoms with Gasteiger partial charge in [-0.1, -0.05) is 23.2 Å². The third-order valence-corrected chi connectivity index (χ3v) is 3.18. The highest BCUT2D eigenvalue weighted by Crippen LogP contribution is 2.27. The Morgan fingerprint density at radius 3 is 2.86 bits per heavy atom. The van der Waals surface area contributed by atoms with E-state index in [-0.39, 0.29) is 6.61 Å². The summed E-state index contributed by atoms with van der Waals surface area (Å²) in [4.78, 5) is 7.91. The van der Waals surface area contributed by atoms with E-state index in [0.717, 1.165) is 5.69 Å². The van der Waals surface area contributed by atoms with Crippen LogP contribution in [0.3, 0.4) is 0 Å². The van der Waals surface area contributed by atoms with E-state index < -0.39 is 6.10 Å². The minimum absolute atomic E-state index is 0.137. The third kappa shape index (κ3) is 5.47. The molecule has 21 heavy (non-hydrogen) atoms. The van der Waals surface area contributed by atoms with Crippen LogP contribution in [0.2, 0.25) is 10.0 Å². The number of aliphatic hydroxyl groups excluding tert-OH is 1. The number of hydrogen-bond acceptors (Lipinski definition) is 5. The number of rotatable bonds is 7. The van der Waals surface area contributed by atoms with Crippen LogP contribution in [-0.4, -0.2) is 34.3 Å². The Morgan fingerprint density at radius 2 is 2.14 bits per heavy atom. The number of benzene rings is 1. The molecule has 0 saturated heterocycles. The van der Waals surface area contributed by atoms with Crippen molar-refractivity contribution in [2.75, 3.05) is 13.2 Å².